The second kappa shape index (κ2) is 7.51. The number of nitrogens with zero attached hydrogens (tertiary/aromatic N) is 3. The van der Waals surface area contributed by atoms with Crippen LogP contribution in [0.5, 0.6) is 17.2 Å². The molecule has 0 amide bonds. The van der Waals surface area contributed by atoms with Gasteiger partial charge in [0.05, 0.1) is 25.9 Å². The molecule has 2 heterocycles. The van der Waals surface area contributed by atoms with Crippen molar-refractivity contribution in [2.75, 3.05) is 21.3 Å². The summed E-state index contributed by atoms with van der Waals surface area (Å²) >= 11 is 1.14. The second-order valence-electron chi connectivity index (χ2n) is 5.98. The van der Waals surface area contributed by atoms with Crippen molar-refractivity contribution >= 4 is 22.4 Å². The Hall–Kier alpha value is -3.46. The molecule has 0 N–H and O–H groups in total. The third-order valence-corrected chi connectivity index (χ3v) is 5.26. The Morgan fingerprint density at radius 1 is 1.07 bits per heavy atom. The number of ether oxygens (including phenoxy) is 3. The molecular formula is C20H16FN3O4S. The first-order valence-corrected chi connectivity index (χ1v) is 9.33. The maximum Gasteiger partial charge on any atom is 0.291 e. The number of hydrogen-bond acceptors (Lipinski definition) is 7. The van der Waals surface area contributed by atoms with Gasteiger partial charge >= 0.3 is 0 Å². The highest BCUT2D eigenvalue weighted by molar-refractivity contribution is 7.15. The standard InChI is InChI=1S/C20H16FN3O4S/c1-26-14-8-12(9-15(27-2)17(14)28-3)18-22-20-24(23-18)19(25)16(29-20)10-11-6-4-5-7-13(11)21/h4-10H,1-3H3/b16-10-. The van der Waals surface area contributed by atoms with E-state index in [-0.39, 0.29) is 5.56 Å². The van der Waals surface area contributed by atoms with E-state index >= 15 is 0 Å². The molecule has 7 nitrogen and oxygen atoms in total. The molecule has 0 unspecified atom stereocenters. The summed E-state index contributed by atoms with van der Waals surface area (Å²) in [5.41, 5.74) is 0.577. The largest absolute Gasteiger partial charge is 0.493 e. The number of aromatic nitrogens is 3. The maximum atomic E-state index is 13.9. The van der Waals surface area contributed by atoms with Crippen molar-refractivity contribution < 1.29 is 18.6 Å². The van der Waals surface area contributed by atoms with Crippen LogP contribution in [0.4, 0.5) is 4.39 Å². The van der Waals surface area contributed by atoms with Crippen molar-refractivity contribution in [1.82, 2.24) is 14.6 Å². The first kappa shape index (κ1) is 18.9. The van der Waals surface area contributed by atoms with Gasteiger partial charge in [-0.1, -0.05) is 29.5 Å². The summed E-state index contributed by atoms with van der Waals surface area (Å²) in [7, 11) is 4.55. The third-order valence-electron chi connectivity index (χ3n) is 4.30. The van der Waals surface area contributed by atoms with Gasteiger partial charge in [-0.15, -0.1) is 5.10 Å². The van der Waals surface area contributed by atoms with Crippen molar-refractivity contribution in [2.45, 2.75) is 0 Å². The summed E-state index contributed by atoms with van der Waals surface area (Å²) in [6.07, 6.45) is 1.50. The fourth-order valence-corrected chi connectivity index (χ4v) is 3.80. The van der Waals surface area contributed by atoms with E-state index in [9.17, 15) is 9.18 Å². The van der Waals surface area contributed by atoms with Crippen LogP contribution in [0.25, 0.3) is 22.4 Å². The van der Waals surface area contributed by atoms with Gasteiger partial charge in [0, 0.05) is 11.1 Å². The van der Waals surface area contributed by atoms with Crippen molar-refractivity contribution in [3.8, 4) is 28.6 Å². The molecule has 2 aromatic heterocycles. The van der Waals surface area contributed by atoms with Gasteiger partial charge in [0.2, 0.25) is 10.7 Å². The van der Waals surface area contributed by atoms with E-state index in [2.05, 4.69) is 10.1 Å². The lowest BCUT2D eigenvalue weighted by atomic mass is 10.1. The maximum absolute atomic E-state index is 13.9. The van der Waals surface area contributed by atoms with Crippen LogP contribution in [0, 0.1) is 5.82 Å². The Kier molecular flexibility index (Phi) is 4.89. The summed E-state index contributed by atoms with van der Waals surface area (Å²) in [6, 6.07) is 9.66. The summed E-state index contributed by atoms with van der Waals surface area (Å²) in [5, 5.41) is 4.31. The molecule has 0 aliphatic rings. The summed E-state index contributed by atoms with van der Waals surface area (Å²) in [6.45, 7) is 0. The molecule has 0 bridgehead atoms. The Morgan fingerprint density at radius 3 is 2.34 bits per heavy atom. The minimum atomic E-state index is -0.399. The summed E-state index contributed by atoms with van der Waals surface area (Å²) in [5.74, 6) is 1.30. The van der Waals surface area contributed by atoms with E-state index in [0.29, 0.717) is 43.7 Å². The molecule has 2 aromatic carbocycles. The van der Waals surface area contributed by atoms with Gasteiger partial charge in [0.1, 0.15) is 5.82 Å². The average Bonchev–Trinajstić information content (AvgIpc) is 3.28. The summed E-state index contributed by atoms with van der Waals surface area (Å²) < 4.78 is 31.4. The van der Waals surface area contributed by atoms with E-state index in [1.807, 2.05) is 0 Å². The Bertz CT molecular complexity index is 1290. The van der Waals surface area contributed by atoms with E-state index in [0.717, 1.165) is 11.3 Å². The lowest BCUT2D eigenvalue weighted by Crippen LogP contribution is -2.23. The highest BCUT2D eigenvalue weighted by Crippen LogP contribution is 2.40. The van der Waals surface area contributed by atoms with E-state index in [1.54, 1.807) is 30.3 Å². The first-order valence-electron chi connectivity index (χ1n) is 8.52. The number of hydrogen-bond donors (Lipinski definition) is 0. The molecule has 148 valence electrons. The fourth-order valence-electron chi connectivity index (χ4n) is 2.90. The van der Waals surface area contributed by atoms with Crippen LogP contribution in [0.3, 0.4) is 0 Å². The molecule has 0 fully saturated rings. The first-order chi connectivity index (χ1) is 14.0. The molecule has 4 aromatic rings. The van der Waals surface area contributed by atoms with E-state index in [4.69, 9.17) is 14.2 Å². The van der Waals surface area contributed by atoms with Crippen LogP contribution in [0.2, 0.25) is 0 Å². The Balaban J connectivity index is 1.83. The van der Waals surface area contributed by atoms with E-state index < -0.39 is 5.82 Å². The average molecular weight is 413 g/mol. The van der Waals surface area contributed by atoms with Crippen LogP contribution in [0.1, 0.15) is 5.56 Å². The molecule has 0 radical (unpaired) electrons. The molecule has 29 heavy (non-hydrogen) atoms. The van der Waals surface area contributed by atoms with Crippen molar-refractivity contribution in [3.05, 3.63) is 62.7 Å². The fraction of sp³-hybridized carbons (Fsp3) is 0.150. The number of rotatable bonds is 5. The molecule has 0 aliphatic carbocycles. The number of thiazole rings is 1. The molecule has 0 atom stereocenters. The molecular weight excluding hydrogens is 397 g/mol. The van der Waals surface area contributed by atoms with Crippen molar-refractivity contribution in [1.29, 1.82) is 0 Å². The number of fused-ring (bicyclic) bond motifs is 1. The predicted octanol–water partition coefficient (Wildman–Crippen LogP) is 2.53. The minimum Gasteiger partial charge on any atom is -0.493 e. The normalized spacial score (nSPS) is 11.8. The van der Waals surface area contributed by atoms with Gasteiger partial charge in [-0.3, -0.25) is 4.79 Å². The zero-order chi connectivity index (χ0) is 20.5. The van der Waals surface area contributed by atoms with Gasteiger partial charge in [-0.25, -0.2) is 4.39 Å². The van der Waals surface area contributed by atoms with Crippen LogP contribution >= 0.6 is 11.3 Å². The molecule has 0 saturated heterocycles. The van der Waals surface area contributed by atoms with Gasteiger partial charge in [-0.2, -0.15) is 9.50 Å². The van der Waals surface area contributed by atoms with Crippen LogP contribution < -0.4 is 24.3 Å². The number of benzene rings is 2. The number of methoxy groups -OCH3 is 3. The van der Waals surface area contributed by atoms with Crippen LogP contribution in [-0.4, -0.2) is 35.9 Å². The lowest BCUT2D eigenvalue weighted by Gasteiger charge is -2.12. The smallest absolute Gasteiger partial charge is 0.291 e. The molecule has 0 spiro atoms. The van der Waals surface area contributed by atoms with Crippen LogP contribution in [0.15, 0.2) is 41.2 Å². The van der Waals surface area contributed by atoms with Crippen molar-refractivity contribution in [2.24, 2.45) is 0 Å². The highest BCUT2D eigenvalue weighted by atomic mass is 32.1. The predicted molar refractivity (Wildman–Crippen MR) is 107 cm³/mol. The second-order valence-corrected chi connectivity index (χ2v) is 6.99. The monoisotopic (exact) mass is 413 g/mol. The topological polar surface area (TPSA) is 75.0 Å². The third kappa shape index (κ3) is 3.29. The highest BCUT2D eigenvalue weighted by Gasteiger charge is 2.18. The Labute approximate surface area is 168 Å². The van der Waals surface area contributed by atoms with Gasteiger partial charge in [-0.05, 0) is 24.3 Å². The van der Waals surface area contributed by atoms with Gasteiger partial charge in [0.15, 0.2) is 17.3 Å². The quantitative estimate of drug-likeness (QED) is 0.501. The molecule has 0 aliphatic heterocycles. The van der Waals surface area contributed by atoms with Gasteiger partial charge in [0.25, 0.3) is 5.56 Å². The number of halogens is 1. The molecule has 0 saturated carbocycles. The van der Waals surface area contributed by atoms with Crippen molar-refractivity contribution in [3.63, 3.8) is 0 Å². The lowest BCUT2D eigenvalue weighted by molar-refractivity contribution is 0.324. The Morgan fingerprint density at radius 2 is 1.76 bits per heavy atom. The summed E-state index contributed by atoms with van der Waals surface area (Å²) in [4.78, 5) is 17.5. The zero-order valence-electron chi connectivity index (χ0n) is 15.8. The van der Waals surface area contributed by atoms with Gasteiger partial charge < -0.3 is 14.2 Å². The van der Waals surface area contributed by atoms with E-state index in [1.165, 1.54) is 38.0 Å². The van der Waals surface area contributed by atoms with Crippen LogP contribution in [-0.2, 0) is 0 Å². The molecule has 4 rings (SSSR count). The SMILES string of the molecule is COc1cc(-c2nc3s/c(=C\c4ccccc4F)c(=O)n3n2)cc(OC)c1OC. The minimum absolute atomic E-state index is 0.332. The zero-order valence-corrected chi connectivity index (χ0v) is 16.6. The molecule has 9 heteroatoms.